The van der Waals surface area contributed by atoms with Gasteiger partial charge in [-0.1, -0.05) is 6.42 Å². The molecule has 0 aromatic rings. The van der Waals surface area contributed by atoms with Gasteiger partial charge in [0.25, 0.3) is 0 Å². The number of carboxylic acids is 1. The Morgan fingerprint density at radius 3 is 2.81 bits per heavy atom. The first kappa shape index (κ1) is 13.0. The lowest BCUT2D eigenvalue weighted by Gasteiger charge is -2.24. The van der Waals surface area contributed by atoms with E-state index in [0.29, 0.717) is 6.42 Å². The fourth-order valence-electron chi connectivity index (χ4n) is 1.83. The SMILES string of the molecule is CC(CCC(=O)O)NC(=O)[C@H]1CCCCN1. The minimum absolute atomic E-state index is 0.00223. The van der Waals surface area contributed by atoms with Crippen molar-refractivity contribution in [2.24, 2.45) is 0 Å². The van der Waals surface area contributed by atoms with Crippen LogP contribution >= 0.6 is 0 Å². The third-order valence-electron chi connectivity index (χ3n) is 2.81. The van der Waals surface area contributed by atoms with Crippen molar-refractivity contribution < 1.29 is 14.7 Å². The van der Waals surface area contributed by atoms with Gasteiger partial charge in [0.05, 0.1) is 6.04 Å². The zero-order valence-corrected chi connectivity index (χ0v) is 9.66. The van der Waals surface area contributed by atoms with Crippen LogP contribution in [0.25, 0.3) is 0 Å². The van der Waals surface area contributed by atoms with Gasteiger partial charge in [0, 0.05) is 12.5 Å². The molecule has 1 unspecified atom stereocenters. The van der Waals surface area contributed by atoms with Crippen LogP contribution < -0.4 is 10.6 Å². The molecule has 1 rings (SSSR count). The van der Waals surface area contributed by atoms with E-state index >= 15 is 0 Å². The van der Waals surface area contributed by atoms with Gasteiger partial charge in [-0.15, -0.1) is 0 Å². The lowest BCUT2D eigenvalue weighted by molar-refractivity contribution is -0.137. The maximum atomic E-state index is 11.7. The minimum Gasteiger partial charge on any atom is -0.481 e. The topological polar surface area (TPSA) is 78.4 Å². The Morgan fingerprint density at radius 2 is 2.25 bits per heavy atom. The van der Waals surface area contributed by atoms with Crippen LogP contribution in [0.1, 0.15) is 39.0 Å². The zero-order chi connectivity index (χ0) is 12.0. The van der Waals surface area contributed by atoms with Crippen LogP contribution in [-0.4, -0.2) is 35.6 Å². The molecule has 0 radical (unpaired) electrons. The summed E-state index contributed by atoms with van der Waals surface area (Å²) >= 11 is 0. The smallest absolute Gasteiger partial charge is 0.303 e. The standard InChI is InChI=1S/C11H20N2O3/c1-8(5-6-10(14)15)13-11(16)9-4-2-3-7-12-9/h8-9,12H,2-7H2,1H3,(H,13,16)(H,14,15)/t8?,9-/m1/s1. The van der Waals surface area contributed by atoms with E-state index in [2.05, 4.69) is 10.6 Å². The molecule has 1 saturated heterocycles. The molecule has 1 fully saturated rings. The number of hydrogen-bond acceptors (Lipinski definition) is 3. The van der Waals surface area contributed by atoms with Gasteiger partial charge in [-0.2, -0.15) is 0 Å². The highest BCUT2D eigenvalue weighted by Gasteiger charge is 2.21. The van der Waals surface area contributed by atoms with Crippen molar-refractivity contribution in [3.63, 3.8) is 0 Å². The quantitative estimate of drug-likeness (QED) is 0.640. The third-order valence-corrected chi connectivity index (χ3v) is 2.81. The maximum absolute atomic E-state index is 11.7. The van der Waals surface area contributed by atoms with Crippen molar-refractivity contribution in [3.8, 4) is 0 Å². The molecule has 0 aromatic heterocycles. The average Bonchev–Trinajstić information content (AvgIpc) is 2.27. The molecular weight excluding hydrogens is 208 g/mol. The number of rotatable bonds is 5. The molecule has 0 spiro atoms. The minimum atomic E-state index is -0.822. The van der Waals surface area contributed by atoms with E-state index in [1.807, 2.05) is 6.92 Å². The lowest BCUT2D eigenvalue weighted by atomic mass is 10.0. The number of aliphatic carboxylic acids is 1. The van der Waals surface area contributed by atoms with Crippen LogP contribution in [0.4, 0.5) is 0 Å². The summed E-state index contributed by atoms with van der Waals surface area (Å²) in [5.74, 6) is -0.825. The fourth-order valence-corrected chi connectivity index (χ4v) is 1.83. The molecule has 0 saturated carbocycles. The lowest BCUT2D eigenvalue weighted by Crippen LogP contribution is -2.49. The summed E-state index contributed by atoms with van der Waals surface area (Å²) < 4.78 is 0. The highest BCUT2D eigenvalue weighted by atomic mass is 16.4. The molecule has 1 aliphatic heterocycles. The molecule has 0 bridgehead atoms. The highest BCUT2D eigenvalue weighted by molar-refractivity contribution is 5.82. The van der Waals surface area contributed by atoms with Gasteiger partial charge in [-0.25, -0.2) is 0 Å². The Balaban J connectivity index is 2.23. The van der Waals surface area contributed by atoms with Crippen LogP contribution in [0, 0.1) is 0 Å². The van der Waals surface area contributed by atoms with Crippen LogP contribution in [0.5, 0.6) is 0 Å². The van der Waals surface area contributed by atoms with Gasteiger partial charge in [0.2, 0.25) is 5.91 Å². The summed E-state index contributed by atoms with van der Waals surface area (Å²) in [6.45, 7) is 2.73. The van der Waals surface area contributed by atoms with Crippen molar-refractivity contribution in [1.29, 1.82) is 0 Å². The van der Waals surface area contributed by atoms with Gasteiger partial charge >= 0.3 is 5.97 Å². The predicted molar refractivity (Wildman–Crippen MR) is 60.1 cm³/mol. The first-order chi connectivity index (χ1) is 7.59. The van der Waals surface area contributed by atoms with E-state index < -0.39 is 5.97 Å². The molecule has 1 heterocycles. The normalized spacial score (nSPS) is 22.4. The van der Waals surface area contributed by atoms with Crippen molar-refractivity contribution in [3.05, 3.63) is 0 Å². The van der Waals surface area contributed by atoms with Crippen molar-refractivity contribution in [2.75, 3.05) is 6.54 Å². The van der Waals surface area contributed by atoms with Crippen LogP contribution in [0.2, 0.25) is 0 Å². The second kappa shape index (κ2) is 6.48. The molecule has 0 aliphatic carbocycles. The first-order valence-electron chi connectivity index (χ1n) is 5.85. The van der Waals surface area contributed by atoms with Crippen LogP contribution in [0.15, 0.2) is 0 Å². The number of carbonyl (C=O) groups excluding carboxylic acids is 1. The summed E-state index contributed by atoms with van der Waals surface area (Å²) in [6.07, 6.45) is 3.65. The molecule has 5 nitrogen and oxygen atoms in total. The summed E-state index contributed by atoms with van der Waals surface area (Å²) in [5.41, 5.74) is 0. The van der Waals surface area contributed by atoms with Crippen molar-refractivity contribution in [1.82, 2.24) is 10.6 Å². The monoisotopic (exact) mass is 228 g/mol. The van der Waals surface area contributed by atoms with E-state index in [1.54, 1.807) is 0 Å². The number of piperidine rings is 1. The van der Waals surface area contributed by atoms with E-state index in [4.69, 9.17) is 5.11 Å². The molecular formula is C11H20N2O3. The number of nitrogens with one attached hydrogen (secondary N) is 2. The van der Waals surface area contributed by atoms with E-state index in [-0.39, 0.29) is 24.4 Å². The van der Waals surface area contributed by atoms with Gasteiger partial charge < -0.3 is 15.7 Å². The highest BCUT2D eigenvalue weighted by Crippen LogP contribution is 2.07. The van der Waals surface area contributed by atoms with Gasteiger partial charge in [-0.3, -0.25) is 9.59 Å². The number of carbonyl (C=O) groups is 2. The average molecular weight is 228 g/mol. The summed E-state index contributed by atoms with van der Waals surface area (Å²) in [4.78, 5) is 22.1. The molecule has 16 heavy (non-hydrogen) atoms. The van der Waals surface area contributed by atoms with Gasteiger partial charge in [0.15, 0.2) is 0 Å². The largest absolute Gasteiger partial charge is 0.481 e. The Labute approximate surface area is 95.6 Å². The fraction of sp³-hybridized carbons (Fsp3) is 0.818. The van der Waals surface area contributed by atoms with Crippen molar-refractivity contribution in [2.45, 2.75) is 51.1 Å². The molecule has 1 amide bonds. The van der Waals surface area contributed by atoms with Gasteiger partial charge in [0.1, 0.15) is 0 Å². The second-order valence-electron chi connectivity index (χ2n) is 4.34. The van der Waals surface area contributed by atoms with E-state index in [1.165, 1.54) is 0 Å². The second-order valence-corrected chi connectivity index (χ2v) is 4.34. The molecule has 5 heteroatoms. The number of hydrogen-bond donors (Lipinski definition) is 3. The first-order valence-corrected chi connectivity index (χ1v) is 5.85. The predicted octanol–water partition coefficient (Wildman–Crippen LogP) is 0.498. The Bertz CT molecular complexity index is 250. The van der Waals surface area contributed by atoms with E-state index in [9.17, 15) is 9.59 Å². The maximum Gasteiger partial charge on any atom is 0.303 e. The molecule has 3 N–H and O–H groups in total. The van der Waals surface area contributed by atoms with Crippen LogP contribution in [-0.2, 0) is 9.59 Å². The van der Waals surface area contributed by atoms with Gasteiger partial charge in [-0.05, 0) is 32.7 Å². The van der Waals surface area contributed by atoms with Crippen molar-refractivity contribution >= 4 is 11.9 Å². The third kappa shape index (κ3) is 4.61. The summed E-state index contributed by atoms with van der Waals surface area (Å²) in [6, 6.07) is -0.173. The van der Waals surface area contributed by atoms with E-state index in [0.717, 1.165) is 25.8 Å². The number of carboxylic acid groups (broad SMARTS) is 1. The molecule has 92 valence electrons. The molecule has 2 atom stereocenters. The number of amides is 1. The molecule has 0 aromatic carbocycles. The molecule has 1 aliphatic rings. The Morgan fingerprint density at radius 1 is 1.50 bits per heavy atom. The van der Waals surface area contributed by atoms with Crippen LogP contribution in [0.3, 0.4) is 0 Å². The Kier molecular flexibility index (Phi) is 5.25. The zero-order valence-electron chi connectivity index (χ0n) is 9.66. The summed E-state index contributed by atoms with van der Waals surface area (Å²) in [7, 11) is 0. The Hall–Kier alpha value is -1.10. The summed E-state index contributed by atoms with van der Waals surface area (Å²) in [5, 5.41) is 14.5.